The molecule has 1 nitrogen and oxygen atoms in total. The van der Waals surface area contributed by atoms with E-state index < -0.39 is 0 Å². The number of hydrogen-bond donors (Lipinski definition) is 1. The minimum atomic E-state index is 0.790. The predicted molar refractivity (Wildman–Crippen MR) is 96.4 cm³/mol. The van der Waals surface area contributed by atoms with Gasteiger partial charge in [0, 0.05) is 10.6 Å². The maximum absolute atomic E-state index is 3.56. The molecular formula is C18H23NS2. The molecule has 3 rings (SSSR count). The zero-order valence-electron chi connectivity index (χ0n) is 12.8. The van der Waals surface area contributed by atoms with Crippen molar-refractivity contribution >= 4 is 34.5 Å². The number of aryl methyl sites for hydroxylation is 1. The van der Waals surface area contributed by atoms with Crippen molar-refractivity contribution in [3.8, 4) is 0 Å². The smallest absolute Gasteiger partial charge is 0.0834 e. The number of benzene rings is 1. The summed E-state index contributed by atoms with van der Waals surface area (Å²) in [5, 5.41) is 3.56. The Balaban J connectivity index is 1.71. The fraction of sp³-hybridized carbons (Fsp3) is 0.444. The monoisotopic (exact) mass is 317 g/mol. The lowest BCUT2D eigenvalue weighted by molar-refractivity contribution is 0.443. The summed E-state index contributed by atoms with van der Waals surface area (Å²) in [7, 11) is 0. The van der Waals surface area contributed by atoms with Crippen LogP contribution in [-0.4, -0.2) is 6.26 Å². The second-order valence-electron chi connectivity index (χ2n) is 5.84. The highest BCUT2D eigenvalue weighted by atomic mass is 32.2. The van der Waals surface area contributed by atoms with Crippen molar-refractivity contribution < 1.29 is 0 Å². The summed E-state index contributed by atoms with van der Waals surface area (Å²) in [5.41, 5.74) is 3.96. The molecule has 0 radical (unpaired) electrons. The van der Waals surface area contributed by atoms with Crippen LogP contribution < -0.4 is 5.32 Å². The Morgan fingerprint density at radius 1 is 1.10 bits per heavy atom. The van der Waals surface area contributed by atoms with E-state index in [2.05, 4.69) is 48.8 Å². The SMILES string of the molecule is CSc1sc(C)cc1Nc1ccc(C2CCCCC2)cc1. The number of thioether (sulfide) groups is 1. The van der Waals surface area contributed by atoms with E-state index >= 15 is 0 Å². The van der Waals surface area contributed by atoms with Gasteiger partial charge in [0.15, 0.2) is 0 Å². The Hall–Kier alpha value is -0.930. The van der Waals surface area contributed by atoms with Crippen LogP contribution >= 0.6 is 23.1 Å². The largest absolute Gasteiger partial charge is 0.354 e. The summed E-state index contributed by atoms with van der Waals surface area (Å²) in [6.07, 6.45) is 9.10. The predicted octanol–water partition coefficient (Wildman–Crippen LogP) is 6.57. The molecule has 1 fully saturated rings. The zero-order valence-corrected chi connectivity index (χ0v) is 14.4. The normalized spacial score (nSPS) is 16.1. The van der Waals surface area contributed by atoms with Crippen LogP contribution in [0.2, 0.25) is 0 Å². The van der Waals surface area contributed by atoms with Crippen LogP contribution in [0.3, 0.4) is 0 Å². The number of anilines is 2. The maximum atomic E-state index is 3.56. The van der Waals surface area contributed by atoms with Gasteiger partial charge in [-0.15, -0.1) is 23.1 Å². The lowest BCUT2D eigenvalue weighted by Gasteiger charge is -2.22. The minimum Gasteiger partial charge on any atom is -0.354 e. The molecule has 0 saturated heterocycles. The third-order valence-corrected chi connectivity index (χ3v) is 6.46. The van der Waals surface area contributed by atoms with E-state index in [0.29, 0.717) is 0 Å². The first kappa shape index (κ1) is 15.0. The number of rotatable bonds is 4. The standard InChI is InChI=1S/C18H23NS2/c1-13-12-17(18(20-2)21-13)19-16-10-8-15(9-11-16)14-6-4-3-5-7-14/h8-12,14,19H,3-7H2,1-2H3. The van der Waals surface area contributed by atoms with Gasteiger partial charge in [-0.3, -0.25) is 0 Å². The molecule has 0 aliphatic heterocycles. The van der Waals surface area contributed by atoms with E-state index in [1.165, 1.54) is 58.1 Å². The van der Waals surface area contributed by atoms with Crippen molar-refractivity contribution in [2.75, 3.05) is 11.6 Å². The molecule has 0 bridgehead atoms. The summed E-state index contributed by atoms with van der Waals surface area (Å²) >= 11 is 3.68. The first-order valence-corrected chi connectivity index (χ1v) is 9.82. The highest BCUT2D eigenvalue weighted by Crippen LogP contribution is 2.37. The molecule has 1 aliphatic carbocycles. The highest BCUT2D eigenvalue weighted by Gasteiger charge is 2.15. The van der Waals surface area contributed by atoms with Crippen LogP contribution in [-0.2, 0) is 0 Å². The molecular weight excluding hydrogens is 294 g/mol. The summed E-state index contributed by atoms with van der Waals surface area (Å²) < 4.78 is 1.36. The summed E-state index contributed by atoms with van der Waals surface area (Å²) in [4.78, 5) is 1.36. The molecule has 1 saturated carbocycles. The van der Waals surface area contributed by atoms with Crippen molar-refractivity contribution in [3.63, 3.8) is 0 Å². The van der Waals surface area contributed by atoms with Crippen LogP contribution in [0, 0.1) is 6.92 Å². The lowest BCUT2D eigenvalue weighted by Crippen LogP contribution is -2.04. The molecule has 2 aromatic rings. The van der Waals surface area contributed by atoms with Gasteiger partial charge < -0.3 is 5.32 Å². The van der Waals surface area contributed by atoms with Crippen molar-refractivity contribution in [2.24, 2.45) is 0 Å². The van der Waals surface area contributed by atoms with E-state index in [1.807, 2.05) is 23.1 Å². The Morgan fingerprint density at radius 3 is 2.48 bits per heavy atom. The van der Waals surface area contributed by atoms with Crippen molar-refractivity contribution in [2.45, 2.75) is 49.2 Å². The average molecular weight is 318 g/mol. The fourth-order valence-corrected chi connectivity index (χ4v) is 4.91. The average Bonchev–Trinajstić information content (AvgIpc) is 2.88. The highest BCUT2D eigenvalue weighted by molar-refractivity contribution is 8.00. The molecule has 112 valence electrons. The second-order valence-corrected chi connectivity index (χ2v) is 8.18. The zero-order chi connectivity index (χ0) is 14.7. The van der Waals surface area contributed by atoms with E-state index in [9.17, 15) is 0 Å². The maximum Gasteiger partial charge on any atom is 0.0834 e. The van der Waals surface area contributed by atoms with E-state index in [4.69, 9.17) is 0 Å². The Labute approximate surface area is 136 Å². The van der Waals surface area contributed by atoms with Crippen LogP contribution in [0.5, 0.6) is 0 Å². The Kier molecular flexibility index (Phi) is 4.91. The van der Waals surface area contributed by atoms with Gasteiger partial charge in [0.05, 0.1) is 9.90 Å². The van der Waals surface area contributed by atoms with Crippen molar-refractivity contribution in [1.82, 2.24) is 0 Å². The van der Waals surface area contributed by atoms with Gasteiger partial charge in [0.1, 0.15) is 0 Å². The van der Waals surface area contributed by atoms with Crippen molar-refractivity contribution in [3.05, 3.63) is 40.8 Å². The molecule has 0 atom stereocenters. The van der Waals surface area contributed by atoms with Gasteiger partial charge in [-0.2, -0.15) is 0 Å². The molecule has 0 spiro atoms. The van der Waals surface area contributed by atoms with Crippen LogP contribution in [0.4, 0.5) is 11.4 Å². The fourth-order valence-electron chi connectivity index (χ4n) is 3.16. The third-order valence-electron chi connectivity index (χ3n) is 4.27. The van der Waals surface area contributed by atoms with Crippen LogP contribution in [0.25, 0.3) is 0 Å². The van der Waals surface area contributed by atoms with Gasteiger partial charge in [-0.25, -0.2) is 0 Å². The van der Waals surface area contributed by atoms with Gasteiger partial charge >= 0.3 is 0 Å². The first-order valence-electron chi connectivity index (χ1n) is 7.77. The van der Waals surface area contributed by atoms with Crippen molar-refractivity contribution in [1.29, 1.82) is 0 Å². The summed E-state index contributed by atoms with van der Waals surface area (Å²) in [6, 6.07) is 11.3. The summed E-state index contributed by atoms with van der Waals surface area (Å²) in [6.45, 7) is 2.17. The van der Waals surface area contributed by atoms with E-state index in [0.717, 1.165) is 5.92 Å². The number of thiophene rings is 1. The van der Waals surface area contributed by atoms with Gasteiger partial charge in [0.2, 0.25) is 0 Å². The molecule has 1 aromatic carbocycles. The summed E-state index contributed by atoms with van der Waals surface area (Å²) in [5.74, 6) is 0.790. The lowest BCUT2D eigenvalue weighted by atomic mass is 9.84. The molecule has 1 N–H and O–H groups in total. The quantitative estimate of drug-likeness (QED) is 0.640. The molecule has 0 amide bonds. The third kappa shape index (κ3) is 3.64. The second kappa shape index (κ2) is 6.89. The number of hydrogen-bond acceptors (Lipinski definition) is 3. The Morgan fingerprint density at radius 2 is 1.81 bits per heavy atom. The Bertz CT molecular complexity index is 580. The first-order chi connectivity index (χ1) is 10.3. The van der Waals surface area contributed by atoms with E-state index in [1.54, 1.807) is 0 Å². The molecule has 1 aromatic heterocycles. The van der Waals surface area contributed by atoms with Gasteiger partial charge in [0.25, 0.3) is 0 Å². The minimum absolute atomic E-state index is 0.790. The van der Waals surface area contributed by atoms with Crippen LogP contribution in [0.1, 0.15) is 48.5 Å². The molecule has 21 heavy (non-hydrogen) atoms. The molecule has 1 heterocycles. The molecule has 1 aliphatic rings. The van der Waals surface area contributed by atoms with Crippen LogP contribution in [0.15, 0.2) is 34.5 Å². The number of nitrogens with one attached hydrogen (secondary N) is 1. The van der Waals surface area contributed by atoms with Gasteiger partial charge in [-0.1, -0.05) is 31.4 Å². The van der Waals surface area contributed by atoms with Gasteiger partial charge in [-0.05, 0) is 55.7 Å². The molecule has 3 heteroatoms. The topological polar surface area (TPSA) is 12.0 Å². The molecule has 0 unspecified atom stereocenters. The van der Waals surface area contributed by atoms with E-state index in [-0.39, 0.29) is 0 Å².